The summed E-state index contributed by atoms with van der Waals surface area (Å²) >= 11 is 11.5. The molecule has 7 nitrogen and oxygen atoms in total. The number of hydrogen-bond acceptors (Lipinski definition) is 5. The van der Waals surface area contributed by atoms with Gasteiger partial charge in [-0.05, 0) is 37.1 Å². The van der Waals surface area contributed by atoms with Gasteiger partial charge < -0.3 is 19.8 Å². The van der Waals surface area contributed by atoms with Crippen LogP contribution in [0.3, 0.4) is 0 Å². The molecule has 1 aromatic carbocycles. The molecule has 1 spiro atoms. The third kappa shape index (κ3) is 4.56. The van der Waals surface area contributed by atoms with Gasteiger partial charge in [0.15, 0.2) is 0 Å². The molecule has 0 aromatic heterocycles. The summed E-state index contributed by atoms with van der Waals surface area (Å²) < 4.78 is -0.795. The molecule has 3 amide bonds. The van der Waals surface area contributed by atoms with Crippen LogP contribution in [-0.2, 0) is 14.4 Å². The smallest absolute Gasteiger partial charge is 0.251 e. The van der Waals surface area contributed by atoms with Gasteiger partial charge in [0.25, 0.3) is 5.91 Å². The summed E-state index contributed by atoms with van der Waals surface area (Å²) in [6.45, 7) is 9.82. The van der Waals surface area contributed by atoms with Crippen molar-refractivity contribution < 1.29 is 19.5 Å². The molecule has 3 aliphatic rings. The molecule has 1 aromatic rings. The first-order valence-electron chi connectivity index (χ1n) is 12.4. The van der Waals surface area contributed by atoms with E-state index in [-0.39, 0.29) is 41.0 Å². The van der Waals surface area contributed by atoms with E-state index in [4.69, 9.17) is 11.6 Å². The lowest BCUT2D eigenvalue weighted by molar-refractivity contribution is -0.144. The number of carbonyl (C=O) groups excluding carboxylic acids is 3. The predicted octanol–water partition coefficient (Wildman–Crippen LogP) is 3.74. The van der Waals surface area contributed by atoms with Gasteiger partial charge in [0, 0.05) is 40.9 Å². The zero-order chi connectivity index (χ0) is 27.1. The van der Waals surface area contributed by atoms with Gasteiger partial charge in [-0.2, -0.15) is 0 Å². The Morgan fingerprint density at radius 3 is 2.49 bits per heavy atom. The van der Waals surface area contributed by atoms with Crippen LogP contribution in [0.1, 0.15) is 19.8 Å². The van der Waals surface area contributed by atoms with Crippen LogP contribution in [0.4, 0.5) is 5.69 Å². The Balaban J connectivity index is 1.83. The van der Waals surface area contributed by atoms with Crippen molar-refractivity contribution in [1.82, 2.24) is 9.80 Å². The van der Waals surface area contributed by atoms with E-state index in [1.807, 2.05) is 6.92 Å². The Bertz CT molecular complexity index is 1080. The molecule has 7 atom stereocenters. The van der Waals surface area contributed by atoms with E-state index in [0.29, 0.717) is 30.1 Å². The van der Waals surface area contributed by atoms with Crippen LogP contribution in [0.15, 0.2) is 49.6 Å². The van der Waals surface area contributed by atoms with Crippen LogP contribution in [0.25, 0.3) is 0 Å². The lowest BCUT2D eigenvalue weighted by Gasteiger charge is -2.39. The zero-order valence-corrected chi connectivity index (χ0v) is 24.2. The van der Waals surface area contributed by atoms with Crippen LogP contribution in [-0.4, -0.2) is 86.3 Å². The number of benzene rings is 1. The molecule has 0 aliphatic carbocycles. The number of amides is 3. The summed E-state index contributed by atoms with van der Waals surface area (Å²) in [5.74, 6) is -1.81. The second kappa shape index (κ2) is 11.1. The highest BCUT2D eigenvalue weighted by molar-refractivity contribution is 9.09. The summed E-state index contributed by atoms with van der Waals surface area (Å²) in [6, 6.07) is 5.60. The second-order valence-corrected chi connectivity index (χ2v) is 13.0. The normalized spacial score (nSPS) is 30.7. The summed E-state index contributed by atoms with van der Waals surface area (Å²) in [5.41, 5.74) is 0.643. The number of nitrogens with zero attached hydrogens (tertiary/aromatic N) is 3. The standard InChI is InChI=1S/C27H33BrClN3O4S/c1-5-12-30(4)24(34)20-21-25(35)32(17(7-3)15-33)23(27(21)14-19(28)22(20)37-27)26(36)31(13-6-2)18-10-8-16(29)9-11-18/h5-6,8-11,17,19-23,33H,1-2,7,12-15H2,3-4H3/t17-,19?,20-,21-,22-,23?,27?/m0/s1. The van der Waals surface area contributed by atoms with Crippen molar-refractivity contribution >= 4 is 62.7 Å². The summed E-state index contributed by atoms with van der Waals surface area (Å²) in [6.07, 6.45) is 4.37. The highest BCUT2D eigenvalue weighted by Gasteiger charge is 2.76. The molecule has 3 saturated heterocycles. The van der Waals surface area contributed by atoms with E-state index in [1.165, 1.54) is 0 Å². The molecule has 0 saturated carbocycles. The van der Waals surface area contributed by atoms with Crippen molar-refractivity contribution in [3.63, 3.8) is 0 Å². The summed E-state index contributed by atoms with van der Waals surface area (Å²) in [5, 5.41) is 10.7. The van der Waals surface area contributed by atoms with Crippen LogP contribution in [0.2, 0.25) is 5.02 Å². The number of anilines is 1. The largest absolute Gasteiger partial charge is 0.394 e. The predicted molar refractivity (Wildman–Crippen MR) is 152 cm³/mol. The van der Waals surface area contributed by atoms with Gasteiger partial charge in [-0.25, -0.2) is 0 Å². The molecule has 3 unspecified atom stereocenters. The van der Waals surface area contributed by atoms with Crippen molar-refractivity contribution in [3.8, 4) is 0 Å². The van der Waals surface area contributed by atoms with E-state index >= 15 is 0 Å². The molecule has 200 valence electrons. The number of hydrogen-bond donors (Lipinski definition) is 1. The van der Waals surface area contributed by atoms with Gasteiger partial charge in [-0.15, -0.1) is 24.9 Å². The van der Waals surface area contributed by atoms with Crippen molar-refractivity contribution in [2.45, 2.75) is 46.7 Å². The lowest BCUT2D eigenvalue weighted by Crippen LogP contribution is -2.58. The number of fused-ring (bicyclic) bond motifs is 1. The number of likely N-dealkylation sites (N-methyl/N-ethyl adjacent to an activating group) is 1. The summed E-state index contributed by atoms with van der Waals surface area (Å²) in [4.78, 5) is 47.1. The fraction of sp³-hybridized carbons (Fsp3) is 0.519. The van der Waals surface area contributed by atoms with Gasteiger partial charge in [0.1, 0.15) is 6.04 Å². The Morgan fingerprint density at radius 2 is 1.92 bits per heavy atom. The molecule has 4 rings (SSSR count). The first-order chi connectivity index (χ1) is 17.7. The first kappa shape index (κ1) is 28.2. The van der Waals surface area contributed by atoms with E-state index in [2.05, 4.69) is 29.1 Å². The van der Waals surface area contributed by atoms with Crippen molar-refractivity contribution in [2.75, 3.05) is 31.6 Å². The topological polar surface area (TPSA) is 81.2 Å². The van der Waals surface area contributed by atoms with E-state index in [0.717, 1.165) is 0 Å². The molecule has 10 heteroatoms. The minimum Gasteiger partial charge on any atom is -0.394 e. The molecule has 3 fully saturated rings. The first-order valence-corrected chi connectivity index (χ1v) is 14.6. The maximum absolute atomic E-state index is 14.5. The summed E-state index contributed by atoms with van der Waals surface area (Å²) in [7, 11) is 1.71. The highest BCUT2D eigenvalue weighted by atomic mass is 79.9. The Morgan fingerprint density at radius 1 is 1.27 bits per heavy atom. The molecule has 2 bridgehead atoms. The Hall–Kier alpha value is -1.81. The zero-order valence-electron chi connectivity index (χ0n) is 21.1. The molecule has 1 N–H and O–H groups in total. The number of likely N-dealkylation sites (tertiary alicyclic amines) is 1. The molecular formula is C27H33BrClN3O4S. The minimum absolute atomic E-state index is 0.0273. The number of alkyl halides is 1. The minimum atomic E-state index is -0.838. The maximum Gasteiger partial charge on any atom is 0.251 e. The van der Waals surface area contributed by atoms with Crippen LogP contribution >= 0.6 is 39.3 Å². The fourth-order valence-electron chi connectivity index (χ4n) is 6.19. The maximum atomic E-state index is 14.5. The third-order valence-electron chi connectivity index (χ3n) is 7.82. The van der Waals surface area contributed by atoms with E-state index in [1.54, 1.807) is 69.9 Å². The van der Waals surface area contributed by atoms with E-state index < -0.39 is 28.7 Å². The highest BCUT2D eigenvalue weighted by Crippen LogP contribution is 2.68. The van der Waals surface area contributed by atoms with Gasteiger partial charge in [0.2, 0.25) is 11.8 Å². The molecule has 3 aliphatic heterocycles. The number of thioether (sulfide) groups is 1. The van der Waals surface area contributed by atoms with Gasteiger partial charge in [-0.3, -0.25) is 14.4 Å². The molecule has 37 heavy (non-hydrogen) atoms. The van der Waals surface area contributed by atoms with Crippen molar-refractivity contribution in [3.05, 3.63) is 54.6 Å². The number of aliphatic hydroxyl groups is 1. The number of halogens is 2. The Kier molecular flexibility index (Phi) is 8.48. The second-order valence-electron chi connectivity index (χ2n) is 9.88. The van der Waals surface area contributed by atoms with Crippen LogP contribution in [0.5, 0.6) is 0 Å². The van der Waals surface area contributed by atoms with Gasteiger partial charge >= 0.3 is 0 Å². The molecule has 3 heterocycles. The Labute approximate surface area is 236 Å². The quantitative estimate of drug-likeness (QED) is 0.323. The number of rotatable bonds is 10. The van der Waals surface area contributed by atoms with Crippen molar-refractivity contribution in [2.24, 2.45) is 11.8 Å². The van der Waals surface area contributed by atoms with E-state index in [9.17, 15) is 19.5 Å². The third-order valence-corrected chi connectivity index (χ3v) is 11.3. The molecule has 0 radical (unpaired) electrons. The van der Waals surface area contributed by atoms with Crippen molar-refractivity contribution in [1.29, 1.82) is 0 Å². The lowest BCUT2D eigenvalue weighted by atomic mass is 9.70. The van der Waals surface area contributed by atoms with Crippen LogP contribution < -0.4 is 4.90 Å². The average molecular weight is 611 g/mol. The monoisotopic (exact) mass is 609 g/mol. The van der Waals surface area contributed by atoms with Gasteiger partial charge in [-0.1, -0.05) is 46.6 Å². The van der Waals surface area contributed by atoms with Crippen LogP contribution in [0, 0.1) is 11.8 Å². The number of aliphatic hydroxyl groups excluding tert-OH is 1. The fourth-order valence-corrected chi connectivity index (χ4v) is 9.91. The SMILES string of the molecule is C=CCN(C)C(=O)[C@H]1[C@H]2C(=O)N([C@@H](CC)CO)C(C(=O)N(CC=C)c3ccc(Cl)cc3)C23CC(Br)[C@@H]1S3. The van der Waals surface area contributed by atoms with Gasteiger partial charge in [0.05, 0.1) is 29.2 Å². The average Bonchev–Trinajstić information content (AvgIpc) is 3.47. The molecular weight excluding hydrogens is 578 g/mol. The number of carbonyl (C=O) groups is 3.